The summed E-state index contributed by atoms with van der Waals surface area (Å²) in [6.07, 6.45) is 0. The molecule has 0 bridgehead atoms. The molecule has 0 fully saturated rings. The van der Waals surface area contributed by atoms with Crippen LogP contribution in [0.15, 0.2) is 0 Å². The van der Waals surface area contributed by atoms with E-state index in [-0.39, 0.29) is 5.41 Å². The second-order valence-electron chi connectivity index (χ2n) is 5.74. The molecule has 0 aliphatic rings. The van der Waals surface area contributed by atoms with Crippen LogP contribution in [0.5, 0.6) is 0 Å². The summed E-state index contributed by atoms with van der Waals surface area (Å²) in [6, 6.07) is 2.21. The number of nitrogens with one attached hydrogen (secondary N) is 1. The van der Waals surface area contributed by atoms with Gasteiger partial charge in [-0.1, -0.05) is 27.7 Å². The predicted molar refractivity (Wildman–Crippen MR) is 73.3 cm³/mol. The topological polar surface area (TPSA) is 61.6 Å². The van der Waals surface area contributed by atoms with Crippen LogP contribution < -0.4 is 5.32 Å². The second-order valence-corrected chi connectivity index (χ2v) is 5.74. The zero-order valence-corrected chi connectivity index (χ0v) is 12.1. The van der Waals surface area contributed by atoms with Gasteiger partial charge in [-0.15, -0.1) is 5.10 Å². The fourth-order valence-corrected chi connectivity index (χ4v) is 1.38. The summed E-state index contributed by atoms with van der Waals surface area (Å²) in [4.78, 5) is 0. The molecule has 0 spiro atoms. The van der Waals surface area contributed by atoms with Gasteiger partial charge in [-0.25, -0.2) is 0 Å². The van der Waals surface area contributed by atoms with Gasteiger partial charge in [0.05, 0.1) is 5.69 Å². The van der Waals surface area contributed by atoms with E-state index in [1.807, 2.05) is 13.8 Å². The SMILES string of the molecule is Cc1nnc(NCC(C)(C)C(C)C)c(C#N)c1C. The molecule has 0 aromatic carbocycles. The van der Waals surface area contributed by atoms with Gasteiger partial charge in [-0.2, -0.15) is 10.4 Å². The average molecular weight is 246 g/mol. The van der Waals surface area contributed by atoms with Gasteiger partial charge in [-0.3, -0.25) is 0 Å². The van der Waals surface area contributed by atoms with Crippen LogP contribution >= 0.6 is 0 Å². The van der Waals surface area contributed by atoms with Gasteiger partial charge < -0.3 is 5.32 Å². The van der Waals surface area contributed by atoms with Crippen LogP contribution in [0.1, 0.15) is 44.5 Å². The van der Waals surface area contributed by atoms with E-state index in [9.17, 15) is 5.26 Å². The third kappa shape index (κ3) is 2.98. The maximum Gasteiger partial charge on any atom is 0.166 e. The van der Waals surface area contributed by atoms with E-state index >= 15 is 0 Å². The van der Waals surface area contributed by atoms with Crippen molar-refractivity contribution in [2.24, 2.45) is 11.3 Å². The summed E-state index contributed by atoms with van der Waals surface area (Å²) in [5, 5.41) is 20.6. The van der Waals surface area contributed by atoms with Gasteiger partial charge >= 0.3 is 0 Å². The van der Waals surface area contributed by atoms with Crippen LogP contribution in [0, 0.1) is 36.5 Å². The van der Waals surface area contributed by atoms with Gasteiger partial charge in [0.1, 0.15) is 11.6 Å². The van der Waals surface area contributed by atoms with E-state index in [4.69, 9.17) is 0 Å². The van der Waals surface area contributed by atoms with Crippen LogP contribution in [0.4, 0.5) is 5.82 Å². The number of anilines is 1. The summed E-state index contributed by atoms with van der Waals surface area (Å²) in [5.41, 5.74) is 2.45. The number of nitrogens with zero attached hydrogens (tertiary/aromatic N) is 3. The van der Waals surface area contributed by atoms with Crippen molar-refractivity contribution in [3.8, 4) is 6.07 Å². The highest BCUT2D eigenvalue weighted by atomic mass is 15.2. The average Bonchev–Trinajstić information content (AvgIpc) is 2.30. The van der Waals surface area contributed by atoms with Crippen molar-refractivity contribution in [2.45, 2.75) is 41.5 Å². The molecular formula is C14H22N4. The summed E-state index contributed by atoms with van der Waals surface area (Å²) in [5.74, 6) is 1.14. The second kappa shape index (κ2) is 5.34. The van der Waals surface area contributed by atoms with Crippen LogP contribution in [0.2, 0.25) is 0 Å². The van der Waals surface area contributed by atoms with E-state index in [0.29, 0.717) is 17.3 Å². The molecule has 4 nitrogen and oxygen atoms in total. The molecule has 0 saturated heterocycles. The van der Waals surface area contributed by atoms with Crippen molar-refractivity contribution in [1.29, 1.82) is 5.26 Å². The molecule has 1 N–H and O–H groups in total. The predicted octanol–water partition coefficient (Wildman–Crippen LogP) is 3.06. The zero-order chi connectivity index (χ0) is 13.9. The fraction of sp³-hybridized carbons (Fsp3) is 0.643. The molecule has 1 aromatic heterocycles. The third-order valence-electron chi connectivity index (χ3n) is 3.84. The number of hydrogen-bond donors (Lipinski definition) is 1. The molecule has 0 saturated carbocycles. The van der Waals surface area contributed by atoms with Crippen molar-refractivity contribution in [3.05, 3.63) is 16.8 Å². The largest absolute Gasteiger partial charge is 0.367 e. The molecule has 1 rings (SSSR count). The minimum atomic E-state index is 0.146. The molecule has 0 unspecified atom stereocenters. The van der Waals surface area contributed by atoms with Gasteiger partial charge in [0.2, 0.25) is 0 Å². The smallest absolute Gasteiger partial charge is 0.166 e. The molecule has 4 heteroatoms. The Bertz CT molecular complexity index is 469. The van der Waals surface area contributed by atoms with Crippen LogP contribution in [-0.4, -0.2) is 16.7 Å². The molecule has 98 valence electrons. The Hall–Kier alpha value is -1.63. The molecule has 0 atom stereocenters. The normalized spacial score (nSPS) is 11.4. The number of rotatable bonds is 4. The standard InChI is InChI=1S/C14H22N4/c1-9(2)14(5,6)8-16-13-12(7-15)10(3)11(4)17-18-13/h9H,8H2,1-6H3,(H,16,18). The molecule has 0 aliphatic carbocycles. The van der Waals surface area contributed by atoms with Gasteiger partial charge in [0.15, 0.2) is 5.82 Å². The molecule has 0 radical (unpaired) electrons. The highest BCUT2D eigenvalue weighted by molar-refractivity contribution is 5.55. The monoisotopic (exact) mass is 246 g/mol. The molecule has 1 aromatic rings. The quantitative estimate of drug-likeness (QED) is 0.887. The Morgan fingerprint density at radius 1 is 1.28 bits per heavy atom. The Kier molecular flexibility index (Phi) is 4.28. The first-order valence-electron chi connectivity index (χ1n) is 6.27. The van der Waals surface area contributed by atoms with Gasteiger partial charge in [0.25, 0.3) is 0 Å². The van der Waals surface area contributed by atoms with Crippen molar-refractivity contribution < 1.29 is 0 Å². The Morgan fingerprint density at radius 2 is 1.89 bits per heavy atom. The van der Waals surface area contributed by atoms with E-state index in [2.05, 4.69) is 49.3 Å². The van der Waals surface area contributed by atoms with Crippen molar-refractivity contribution in [2.75, 3.05) is 11.9 Å². The van der Waals surface area contributed by atoms with Gasteiger partial charge in [-0.05, 0) is 30.7 Å². The summed E-state index contributed by atoms with van der Waals surface area (Å²) in [7, 11) is 0. The van der Waals surface area contributed by atoms with Crippen molar-refractivity contribution >= 4 is 5.82 Å². The fourth-order valence-electron chi connectivity index (χ4n) is 1.38. The lowest BCUT2D eigenvalue weighted by atomic mass is 9.81. The van der Waals surface area contributed by atoms with E-state index in [0.717, 1.165) is 17.8 Å². The lowest BCUT2D eigenvalue weighted by Crippen LogP contribution is -2.29. The Labute approximate surface area is 109 Å². The van der Waals surface area contributed by atoms with Crippen LogP contribution in [-0.2, 0) is 0 Å². The van der Waals surface area contributed by atoms with E-state index in [1.165, 1.54) is 0 Å². The molecule has 18 heavy (non-hydrogen) atoms. The minimum absolute atomic E-state index is 0.146. The number of aryl methyl sites for hydroxylation is 1. The maximum atomic E-state index is 9.20. The van der Waals surface area contributed by atoms with E-state index in [1.54, 1.807) is 0 Å². The summed E-state index contributed by atoms with van der Waals surface area (Å²) >= 11 is 0. The molecule has 0 amide bonds. The third-order valence-corrected chi connectivity index (χ3v) is 3.84. The first-order valence-corrected chi connectivity index (χ1v) is 6.27. The summed E-state index contributed by atoms with van der Waals surface area (Å²) < 4.78 is 0. The first kappa shape index (κ1) is 14.4. The lowest BCUT2D eigenvalue weighted by Gasteiger charge is -2.29. The number of hydrogen-bond acceptors (Lipinski definition) is 4. The zero-order valence-electron chi connectivity index (χ0n) is 12.1. The Balaban J connectivity index is 2.94. The van der Waals surface area contributed by atoms with Crippen molar-refractivity contribution in [3.63, 3.8) is 0 Å². The number of nitriles is 1. The highest BCUT2D eigenvalue weighted by Crippen LogP contribution is 2.27. The first-order chi connectivity index (χ1) is 8.29. The molecule has 0 aliphatic heterocycles. The highest BCUT2D eigenvalue weighted by Gasteiger charge is 2.23. The van der Waals surface area contributed by atoms with Crippen molar-refractivity contribution in [1.82, 2.24) is 10.2 Å². The Morgan fingerprint density at radius 3 is 2.39 bits per heavy atom. The lowest BCUT2D eigenvalue weighted by molar-refractivity contribution is 0.269. The van der Waals surface area contributed by atoms with E-state index < -0.39 is 0 Å². The van der Waals surface area contributed by atoms with Crippen LogP contribution in [0.25, 0.3) is 0 Å². The summed E-state index contributed by atoms with van der Waals surface area (Å²) in [6.45, 7) is 13.3. The maximum absolute atomic E-state index is 9.20. The number of aromatic nitrogens is 2. The van der Waals surface area contributed by atoms with Gasteiger partial charge in [0, 0.05) is 6.54 Å². The van der Waals surface area contributed by atoms with Crippen LogP contribution in [0.3, 0.4) is 0 Å². The molecular weight excluding hydrogens is 224 g/mol. The minimum Gasteiger partial charge on any atom is -0.367 e. The molecule has 1 heterocycles.